The second-order valence-electron chi connectivity index (χ2n) is 4.48. The highest BCUT2D eigenvalue weighted by Gasteiger charge is 2.30. The van der Waals surface area contributed by atoms with Crippen molar-refractivity contribution in [2.75, 3.05) is 11.4 Å². The number of benzene rings is 1. The zero-order chi connectivity index (χ0) is 12.0. The van der Waals surface area contributed by atoms with Gasteiger partial charge < -0.3 is 5.73 Å². The van der Waals surface area contributed by atoms with Gasteiger partial charge in [-0.05, 0) is 5.39 Å². The van der Waals surface area contributed by atoms with Gasteiger partial charge in [-0.3, -0.25) is 10.3 Å². The molecular formula is C13H15ClN4. The van der Waals surface area contributed by atoms with Gasteiger partial charge in [-0.1, -0.05) is 31.2 Å². The van der Waals surface area contributed by atoms with Gasteiger partial charge in [0, 0.05) is 29.6 Å². The number of nitrogens with two attached hydrogens (primary N) is 1. The van der Waals surface area contributed by atoms with Gasteiger partial charge in [0.25, 0.3) is 0 Å². The summed E-state index contributed by atoms with van der Waals surface area (Å²) in [5.74, 6) is 1.26. The van der Waals surface area contributed by atoms with E-state index in [1.807, 2.05) is 18.3 Å². The van der Waals surface area contributed by atoms with Crippen molar-refractivity contribution in [1.82, 2.24) is 4.98 Å². The molecule has 0 aliphatic carbocycles. The molecule has 1 aromatic heterocycles. The number of halogens is 1. The highest BCUT2D eigenvalue weighted by atomic mass is 35.5. The molecule has 3 rings (SSSR count). The molecule has 0 saturated carbocycles. The quantitative estimate of drug-likeness (QED) is 0.566. The maximum atomic E-state index is 7.58. The van der Waals surface area contributed by atoms with Crippen LogP contribution in [0.3, 0.4) is 0 Å². The molecular weight excluding hydrogens is 248 g/mol. The molecule has 5 heteroatoms. The van der Waals surface area contributed by atoms with Crippen LogP contribution in [0.15, 0.2) is 30.5 Å². The van der Waals surface area contributed by atoms with Crippen molar-refractivity contribution >= 4 is 35.0 Å². The van der Waals surface area contributed by atoms with E-state index in [9.17, 15) is 0 Å². The van der Waals surface area contributed by atoms with Crippen LogP contribution in [-0.4, -0.2) is 17.5 Å². The molecule has 2 heterocycles. The van der Waals surface area contributed by atoms with Crippen molar-refractivity contribution in [1.29, 1.82) is 5.41 Å². The molecule has 3 N–H and O–H groups in total. The van der Waals surface area contributed by atoms with Gasteiger partial charge in [0.15, 0.2) is 5.96 Å². The summed E-state index contributed by atoms with van der Waals surface area (Å²) in [6.07, 6.45) is 1.85. The van der Waals surface area contributed by atoms with E-state index in [1.54, 1.807) is 4.90 Å². The Hall–Kier alpha value is -1.81. The van der Waals surface area contributed by atoms with Crippen LogP contribution in [0.4, 0.5) is 5.82 Å². The minimum absolute atomic E-state index is 0. The summed E-state index contributed by atoms with van der Waals surface area (Å²) in [5.41, 5.74) is 6.79. The molecule has 1 unspecified atom stereocenters. The molecule has 18 heavy (non-hydrogen) atoms. The van der Waals surface area contributed by atoms with Crippen molar-refractivity contribution in [3.05, 3.63) is 36.0 Å². The predicted molar refractivity (Wildman–Crippen MR) is 76.7 cm³/mol. The molecule has 1 aliphatic rings. The Labute approximate surface area is 112 Å². The number of pyridine rings is 1. The number of guanidine groups is 1. The minimum Gasteiger partial charge on any atom is -0.370 e. The van der Waals surface area contributed by atoms with Gasteiger partial charge in [-0.2, -0.15) is 0 Å². The summed E-state index contributed by atoms with van der Waals surface area (Å²) >= 11 is 0. The molecule has 1 aliphatic heterocycles. The Morgan fingerprint density at radius 3 is 2.89 bits per heavy atom. The zero-order valence-electron chi connectivity index (χ0n) is 10.1. The molecule has 1 atom stereocenters. The van der Waals surface area contributed by atoms with Gasteiger partial charge in [-0.15, -0.1) is 12.4 Å². The van der Waals surface area contributed by atoms with E-state index < -0.39 is 0 Å². The molecule has 4 nitrogen and oxygen atoms in total. The van der Waals surface area contributed by atoms with E-state index in [-0.39, 0.29) is 18.4 Å². The maximum absolute atomic E-state index is 7.58. The Morgan fingerprint density at radius 2 is 2.17 bits per heavy atom. The van der Waals surface area contributed by atoms with Crippen LogP contribution in [0.25, 0.3) is 10.8 Å². The van der Waals surface area contributed by atoms with Crippen molar-refractivity contribution in [3.63, 3.8) is 0 Å². The zero-order valence-corrected chi connectivity index (χ0v) is 10.9. The van der Waals surface area contributed by atoms with E-state index >= 15 is 0 Å². The maximum Gasteiger partial charge on any atom is 0.194 e. The SMILES string of the molecule is CC1CN(C(=N)N)c2ncc3ccccc3c21.Cl. The van der Waals surface area contributed by atoms with Gasteiger partial charge in [0.1, 0.15) is 5.82 Å². The van der Waals surface area contributed by atoms with Crippen molar-refractivity contribution in [3.8, 4) is 0 Å². The third kappa shape index (κ3) is 1.69. The predicted octanol–water partition coefficient (Wildman–Crippen LogP) is 2.47. The molecule has 94 valence electrons. The van der Waals surface area contributed by atoms with E-state index in [0.717, 1.165) is 17.7 Å². The molecule has 0 amide bonds. The van der Waals surface area contributed by atoms with Crippen LogP contribution in [-0.2, 0) is 0 Å². The average Bonchev–Trinajstić information content (AvgIpc) is 2.67. The largest absolute Gasteiger partial charge is 0.370 e. The first-order chi connectivity index (χ1) is 8.18. The summed E-state index contributed by atoms with van der Waals surface area (Å²) in [6, 6.07) is 8.21. The summed E-state index contributed by atoms with van der Waals surface area (Å²) in [6.45, 7) is 2.89. The third-order valence-electron chi connectivity index (χ3n) is 3.31. The lowest BCUT2D eigenvalue weighted by Gasteiger charge is -2.15. The number of hydrogen-bond acceptors (Lipinski definition) is 2. The van der Waals surface area contributed by atoms with Gasteiger partial charge in [-0.25, -0.2) is 4.98 Å². The highest BCUT2D eigenvalue weighted by molar-refractivity contribution is 5.99. The van der Waals surface area contributed by atoms with Crippen LogP contribution in [0, 0.1) is 5.41 Å². The van der Waals surface area contributed by atoms with Crippen LogP contribution >= 0.6 is 12.4 Å². The number of nitrogens with zero attached hydrogens (tertiary/aromatic N) is 2. The fourth-order valence-corrected chi connectivity index (χ4v) is 2.54. The third-order valence-corrected chi connectivity index (χ3v) is 3.31. The average molecular weight is 263 g/mol. The smallest absolute Gasteiger partial charge is 0.194 e. The summed E-state index contributed by atoms with van der Waals surface area (Å²) in [7, 11) is 0. The van der Waals surface area contributed by atoms with Crippen LogP contribution < -0.4 is 10.6 Å². The summed E-state index contributed by atoms with van der Waals surface area (Å²) < 4.78 is 0. The van der Waals surface area contributed by atoms with Gasteiger partial charge in [0.05, 0.1) is 0 Å². The molecule has 1 aromatic carbocycles. The van der Waals surface area contributed by atoms with E-state index in [0.29, 0.717) is 5.92 Å². The number of aromatic nitrogens is 1. The fourth-order valence-electron chi connectivity index (χ4n) is 2.54. The lowest BCUT2D eigenvalue weighted by molar-refractivity contribution is 0.822. The Bertz CT molecular complexity index is 611. The van der Waals surface area contributed by atoms with Crippen molar-refractivity contribution < 1.29 is 0 Å². The molecule has 0 saturated heterocycles. The second-order valence-corrected chi connectivity index (χ2v) is 4.48. The molecule has 2 aromatic rings. The number of anilines is 1. The Balaban J connectivity index is 0.00000120. The van der Waals surface area contributed by atoms with Crippen LogP contribution in [0.5, 0.6) is 0 Å². The number of hydrogen-bond donors (Lipinski definition) is 2. The Kier molecular flexibility index (Phi) is 3.13. The summed E-state index contributed by atoms with van der Waals surface area (Å²) in [5, 5.41) is 9.94. The van der Waals surface area contributed by atoms with Crippen molar-refractivity contribution in [2.24, 2.45) is 5.73 Å². The topological polar surface area (TPSA) is 66.0 Å². The highest BCUT2D eigenvalue weighted by Crippen LogP contribution is 2.38. The van der Waals surface area contributed by atoms with Gasteiger partial charge >= 0.3 is 0 Å². The second kappa shape index (κ2) is 4.46. The molecule has 0 spiro atoms. The molecule has 0 radical (unpaired) electrons. The standard InChI is InChI=1S/C13H14N4.ClH/c1-8-7-17(13(14)15)12-11(8)10-5-3-2-4-9(10)6-16-12;/h2-6,8H,7H2,1H3,(H3,14,15);1H. The summed E-state index contributed by atoms with van der Waals surface area (Å²) in [4.78, 5) is 6.22. The van der Waals surface area contributed by atoms with Crippen LogP contribution in [0.2, 0.25) is 0 Å². The van der Waals surface area contributed by atoms with Gasteiger partial charge in [0.2, 0.25) is 0 Å². The van der Waals surface area contributed by atoms with Crippen molar-refractivity contribution in [2.45, 2.75) is 12.8 Å². The normalized spacial score (nSPS) is 17.4. The van der Waals surface area contributed by atoms with E-state index in [1.165, 1.54) is 10.9 Å². The Morgan fingerprint density at radius 1 is 1.44 bits per heavy atom. The lowest BCUT2D eigenvalue weighted by atomic mass is 9.99. The van der Waals surface area contributed by atoms with E-state index in [4.69, 9.17) is 11.1 Å². The first kappa shape index (κ1) is 12.6. The van der Waals surface area contributed by atoms with E-state index in [2.05, 4.69) is 24.0 Å². The first-order valence-electron chi connectivity index (χ1n) is 5.67. The number of fused-ring (bicyclic) bond motifs is 3. The van der Waals surface area contributed by atoms with Crippen LogP contribution in [0.1, 0.15) is 18.4 Å². The number of rotatable bonds is 0. The first-order valence-corrected chi connectivity index (χ1v) is 5.67. The lowest BCUT2D eigenvalue weighted by Crippen LogP contribution is -2.35. The minimum atomic E-state index is 0. The fraction of sp³-hybridized carbons (Fsp3) is 0.231. The molecule has 0 bridgehead atoms. The molecule has 0 fully saturated rings. The number of nitrogens with one attached hydrogen (secondary N) is 1. The monoisotopic (exact) mass is 262 g/mol.